The number of nitrogens with two attached hydrogens (primary N) is 1. The number of hydrogen-bond donors (Lipinski definition) is 1. The second-order valence-electron chi connectivity index (χ2n) is 9.62. The van der Waals surface area contributed by atoms with Crippen LogP contribution in [0.3, 0.4) is 0 Å². The molecule has 2 aromatic carbocycles. The summed E-state index contributed by atoms with van der Waals surface area (Å²) in [7, 11) is 0. The lowest BCUT2D eigenvalue weighted by molar-refractivity contribution is 0.231. The van der Waals surface area contributed by atoms with Crippen LogP contribution in [0.15, 0.2) is 71.1 Å². The van der Waals surface area contributed by atoms with Crippen molar-refractivity contribution < 1.29 is 9.13 Å². The average molecular weight is 575 g/mol. The molecule has 4 heterocycles. The van der Waals surface area contributed by atoms with Crippen LogP contribution < -0.4 is 16.0 Å². The summed E-state index contributed by atoms with van der Waals surface area (Å²) in [6.45, 7) is 5.60. The molecule has 1 unspecified atom stereocenters. The second-order valence-corrected chi connectivity index (χ2v) is 10.9. The summed E-state index contributed by atoms with van der Waals surface area (Å²) in [6.07, 6.45) is 1.19. The van der Waals surface area contributed by atoms with E-state index in [4.69, 9.17) is 27.2 Å². The lowest BCUT2D eigenvalue weighted by Gasteiger charge is -2.18. The number of nitrogen functional groups attached to an aromatic ring is 1. The molecule has 0 radical (unpaired) electrons. The van der Waals surface area contributed by atoms with Gasteiger partial charge in [0, 0.05) is 10.9 Å². The Kier molecular flexibility index (Phi) is 6.52. The van der Waals surface area contributed by atoms with Gasteiger partial charge in [0.15, 0.2) is 17.2 Å². The topological polar surface area (TPSA) is 100 Å². The molecule has 0 fully saturated rings. The fraction of sp³-hybridized carbons (Fsp3) is 0.172. The Labute approximate surface area is 237 Å². The molecule has 0 bridgehead atoms. The molecule has 40 heavy (non-hydrogen) atoms. The van der Waals surface area contributed by atoms with Gasteiger partial charge < -0.3 is 10.5 Å². The number of hydrogen-bond acceptors (Lipinski definition) is 7. The van der Waals surface area contributed by atoms with E-state index in [1.54, 1.807) is 22.2 Å². The minimum Gasteiger partial charge on any atom is -0.488 e. The van der Waals surface area contributed by atoms with Gasteiger partial charge in [-0.15, -0.1) is 11.3 Å². The third-order valence-corrected chi connectivity index (χ3v) is 7.95. The molecule has 202 valence electrons. The van der Waals surface area contributed by atoms with E-state index in [1.807, 2.05) is 57.2 Å². The molecule has 0 saturated heterocycles. The van der Waals surface area contributed by atoms with E-state index in [0.29, 0.717) is 37.8 Å². The van der Waals surface area contributed by atoms with E-state index in [-0.39, 0.29) is 23.2 Å². The quantitative estimate of drug-likeness (QED) is 0.240. The molecule has 0 spiro atoms. The third-order valence-electron chi connectivity index (χ3n) is 6.66. The summed E-state index contributed by atoms with van der Waals surface area (Å²) >= 11 is 7.77. The number of anilines is 1. The van der Waals surface area contributed by atoms with Crippen LogP contribution in [0.4, 0.5) is 10.2 Å². The molecule has 0 amide bonds. The number of ether oxygens (including phenoxy) is 1. The highest BCUT2D eigenvalue weighted by Crippen LogP contribution is 2.37. The maximum absolute atomic E-state index is 15.0. The van der Waals surface area contributed by atoms with Gasteiger partial charge in [0.1, 0.15) is 27.8 Å². The lowest BCUT2D eigenvalue weighted by Crippen LogP contribution is -2.20. The zero-order chi connectivity index (χ0) is 28.1. The van der Waals surface area contributed by atoms with Crippen LogP contribution in [0, 0.1) is 5.82 Å². The molecule has 0 aliphatic heterocycles. The Balaban J connectivity index is 1.58. The van der Waals surface area contributed by atoms with Crippen molar-refractivity contribution in [3.8, 4) is 28.1 Å². The first kappa shape index (κ1) is 26.0. The van der Waals surface area contributed by atoms with Gasteiger partial charge in [-0.25, -0.2) is 19.0 Å². The Morgan fingerprint density at radius 3 is 2.55 bits per heavy atom. The van der Waals surface area contributed by atoms with Crippen molar-refractivity contribution in [2.24, 2.45) is 0 Å². The molecule has 2 N–H and O–H groups in total. The van der Waals surface area contributed by atoms with Gasteiger partial charge in [-0.2, -0.15) is 5.10 Å². The first-order valence-electron chi connectivity index (χ1n) is 12.6. The number of nitrogens with zero attached hydrogens (tertiary/aromatic N) is 5. The van der Waals surface area contributed by atoms with Crippen molar-refractivity contribution in [2.75, 3.05) is 5.73 Å². The summed E-state index contributed by atoms with van der Waals surface area (Å²) < 4.78 is 23.8. The maximum atomic E-state index is 15.0. The van der Waals surface area contributed by atoms with Crippen LogP contribution in [-0.2, 0) is 0 Å². The summed E-state index contributed by atoms with van der Waals surface area (Å²) in [6, 6.07) is 15.6. The van der Waals surface area contributed by atoms with Crippen LogP contribution in [0.2, 0.25) is 5.15 Å². The molecule has 8 nitrogen and oxygen atoms in total. The van der Waals surface area contributed by atoms with E-state index in [0.717, 1.165) is 11.1 Å². The van der Waals surface area contributed by atoms with Gasteiger partial charge >= 0.3 is 0 Å². The smallest absolute Gasteiger partial charge is 0.265 e. The Hall–Kier alpha value is -4.28. The highest BCUT2D eigenvalue weighted by molar-refractivity contribution is 7.16. The number of fused-ring (bicyclic) bond motifs is 2. The van der Waals surface area contributed by atoms with Crippen molar-refractivity contribution in [3.63, 3.8) is 0 Å². The molecule has 0 aliphatic rings. The summed E-state index contributed by atoms with van der Waals surface area (Å²) in [4.78, 5) is 23.2. The van der Waals surface area contributed by atoms with Crippen LogP contribution in [0.25, 0.3) is 38.2 Å². The molecule has 11 heteroatoms. The molecule has 6 aromatic rings. The van der Waals surface area contributed by atoms with Crippen LogP contribution in [-0.4, -0.2) is 30.3 Å². The van der Waals surface area contributed by atoms with Gasteiger partial charge in [0.05, 0.1) is 23.1 Å². The number of halogens is 2. The summed E-state index contributed by atoms with van der Waals surface area (Å²) in [5.74, 6) is -0.155. The Bertz CT molecular complexity index is 1950. The van der Waals surface area contributed by atoms with Crippen LogP contribution >= 0.6 is 22.9 Å². The largest absolute Gasteiger partial charge is 0.488 e. The van der Waals surface area contributed by atoms with Crippen molar-refractivity contribution in [1.29, 1.82) is 0 Å². The molecular weight excluding hydrogens is 551 g/mol. The monoisotopic (exact) mass is 574 g/mol. The molecular formula is C29H24ClFN6O2S. The Morgan fingerprint density at radius 2 is 1.82 bits per heavy atom. The highest BCUT2D eigenvalue weighted by atomic mass is 35.5. The highest BCUT2D eigenvalue weighted by Gasteiger charge is 2.26. The summed E-state index contributed by atoms with van der Waals surface area (Å²) in [5.41, 5.74) is 9.44. The van der Waals surface area contributed by atoms with Gasteiger partial charge in [-0.3, -0.25) is 9.20 Å². The van der Waals surface area contributed by atoms with Crippen molar-refractivity contribution in [1.82, 2.24) is 24.1 Å². The average Bonchev–Trinajstić information content (AvgIpc) is 3.51. The van der Waals surface area contributed by atoms with Gasteiger partial charge in [-0.1, -0.05) is 41.9 Å². The minimum absolute atomic E-state index is 0.149. The molecule has 6 rings (SSSR count). The fourth-order valence-electron chi connectivity index (χ4n) is 4.88. The number of aromatic nitrogens is 5. The molecule has 4 aromatic heterocycles. The van der Waals surface area contributed by atoms with E-state index in [1.165, 1.54) is 28.1 Å². The van der Waals surface area contributed by atoms with Crippen molar-refractivity contribution in [3.05, 3.63) is 93.2 Å². The number of pyridine rings is 1. The molecule has 0 saturated carbocycles. The SMILES string of the molecule is CC(C)Oc1ccc(-c2nn(C(C)c3cc4scc(Cl)n4c(=O)c3-c3ccccc3)c3ncnc(N)c23)cc1F. The van der Waals surface area contributed by atoms with E-state index >= 15 is 0 Å². The van der Waals surface area contributed by atoms with Crippen molar-refractivity contribution in [2.45, 2.75) is 32.9 Å². The predicted molar refractivity (Wildman–Crippen MR) is 157 cm³/mol. The van der Waals surface area contributed by atoms with Gasteiger partial charge in [-0.05, 0) is 56.2 Å². The van der Waals surface area contributed by atoms with Gasteiger partial charge in [0.2, 0.25) is 0 Å². The predicted octanol–water partition coefficient (Wildman–Crippen LogP) is 6.61. The van der Waals surface area contributed by atoms with E-state index in [2.05, 4.69) is 9.97 Å². The van der Waals surface area contributed by atoms with Crippen LogP contribution in [0.1, 0.15) is 32.4 Å². The van der Waals surface area contributed by atoms with Gasteiger partial charge in [0.25, 0.3) is 5.56 Å². The lowest BCUT2D eigenvalue weighted by atomic mass is 9.97. The molecule has 0 aliphatic carbocycles. The van der Waals surface area contributed by atoms with Crippen LogP contribution in [0.5, 0.6) is 5.75 Å². The maximum Gasteiger partial charge on any atom is 0.265 e. The zero-order valence-electron chi connectivity index (χ0n) is 21.8. The number of thiazole rings is 1. The number of benzene rings is 2. The minimum atomic E-state index is -0.517. The first-order valence-corrected chi connectivity index (χ1v) is 13.8. The van der Waals surface area contributed by atoms with Crippen molar-refractivity contribution >= 4 is 44.6 Å². The summed E-state index contributed by atoms with van der Waals surface area (Å²) in [5, 5.41) is 7.45. The van der Waals surface area contributed by atoms with E-state index < -0.39 is 11.9 Å². The first-order chi connectivity index (χ1) is 19.2. The normalized spacial score (nSPS) is 12.4. The number of rotatable bonds is 6. The second kappa shape index (κ2) is 10.0. The fourth-order valence-corrected chi connectivity index (χ4v) is 6.03. The van der Waals surface area contributed by atoms with E-state index in [9.17, 15) is 9.18 Å². The zero-order valence-corrected chi connectivity index (χ0v) is 23.4. The standard InChI is InChI=1S/C29H24ClFN6O2S/c1-15(2)39-21-10-9-18(11-20(21)31)26-25-27(32)33-14-34-28(25)37(35-26)16(3)19-12-23-36(22(30)13-40-23)29(38)24(19)17-7-5-4-6-8-17/h4-16H,1-3H3,(H2,32,33,34). The third kappa shape index (κ3) is 4.29. The Morgan fingerprint density at radius 1 is 1.05 bits per heavy atom. The molecule has 1 atom stereocenters.